The Labute approximate surface area is 37.3 Å². The van der Waals surface area contributed by atoms with Gasteiger partial charge in [-0.2, -0.15) is 0 Å². The molecule has 1 heteroatoms. The van der Waals surface area contributed by atoms with Gasteiger partial charge in [0.15, 0.2) is 0 Å². The van der Waals surface area contributed by atoms with Crippen molar-refractivity contribution in [3.63, 3.8) is 0 Å². The third kappa shape index (κ3) is 0.601. The van der Waals surface area contributed by atoms with Gasteiger partial charge in [-0.3, -0.25) is 0 Å². The molecule has 1 atom stereocenters. The molecule has 0 aromatic rings. The first kappa shape index (κ1) is 3.88. The van der Waals surface area contributed by atoms with Gasteiger partial charge in [0.2, 0.25) is 0 Å². The Hall–Kier alpha value is -0.300. The quantitative estimate of drug-likeness (QED) is 0.391. The monoisotopic (exact) mass is 83.0 g/mol. The second-order valence-corrected chi connectivity index (χ2v) is 1.54. The summed E-state index contributed by atoms with van der Waals surface area (Å²) in [5.74, 6) is 0. The zero-order valence-corrected chi connectivity index (χ0v) is 3.55. The van der Waals surface area contributed by atoms with Gasteiger partial charge in [-0.15, -0.1) is 0 Å². The molecule has 0 aromatic heterocycles. The van der Waals surface area contributed by atoms with E-state index in [0.29, 0.717) is 0 Å². The summed E-state index contributed by atoms with van der Waals surface area (Å²) < 4.78 is 0. The third-order valence-corrected chi connectivity index (χ3v) is 0.969. The van der Waals surface area contributed by atoms with E-state index in [1.807, 2.05) is 6.08 Å². The van der Waals surface area contributed by atoms with E-state index >= 15 is 0 Å². The van der Waals surface area contributed by atoms with Crippen molar-refractivity contribution < 1.29 is 5.11 Å². The molecule has 0 heterocycles. The van der Waals surface area contributed by atoms with Crippen LogP contribution < -0.4 is 0 Å². The molecule has 1 rings (SSSR count). The minimum Gasteiger partial charge on any atom is -0.229 e. The van der Waals surface area contributed by atoms with Gasteiger partial charge in [-0.25, -0.2) is 5.11 Å². The van der Waals surface area contributed by atoms with Gasteiger partial charge in [0, 0.05) is 0 Å². The molecule has 0 amide bonds. The molecule has 1 nitrogen and oxygen atoms in total. The Morgan fingerprint density at radius 2 is 2.50 bits per heavy atom. The standard InChI is InChI=1S/C5H7O/c6-5-3-1-2-4-5/h1,3,5H,2,4H2. The van der Waals surface area contributed by atoms with Crippen LogP contribution in [0, 0.1) is 0 Å². The first-order valence-corrected chi connectivity index (χ1v) is 2.22. The van der Waals surface area contributed by atoms with Crippen LogP contribution in [-0.2, 0) is 5.11 Å². The fraction of sp³-hybridized carbons (Fsp3) is 0.600. The molecule has 0 aromatic carbocycles. The molecular weight excluding hydrogens is 76.1 g/mol. The fourth-order valence-electron chi connectivity index (χ4n) is 0.605. The molecule has 1 aliphatic rings. The molecule has 1 unspecified atom stereocenters. The van der Waals surface area contributed by atoms with Crippen molar-refractivity contribution >= 4 is 0 Å². The molecule has 0 bridgehead atoms. The second-order valence-electron chi connectivity index (χ2n) is 1.54. The summed E-state index contributed by atoms with van der Waals surface area (Å²) in [5.41, 5.74) is 0. The van der Waals surface area contributed by atoms with E-state index < -0.39 is 0 Å². The zero-order chi connectivity index (χ0) is 4.41. The summed E-state index contributed by atoms with van der Waals surface area (Å²) >= 11 is 0. The summed E-state index contributed by atoms with van der Waals surface area (Å²) in [6.07, 6.45) is 5.09. The molecule has 0 fully saturated rings. The Bertz CT molecular complexity index is 66.3. The van der Waals surface area contributed by atoms with Crippen LogP contribution in [0.5, 0.6) is 0 Å². The van der Waals surface area contributed by atoms with E-state index in [1.54, 1.807) is 6.08 Å². The highest BCUT2D eigenvalue weighted by atomic mass is 16.3. The molecule has 33 valence electrons. The highest BCUT2D eigenvalue weighted by Crippen LogP contribution is 2.07. The molecule has 6 heavy (non-hydrogen) atoms. The molecule has 0 aliphatic heterocycles. The summed E-state index contributed by atoms with van der Waals surface area (Å²) in [6.45, 7) is 0. The molecular formula is C5H7O. The third-order valence-electron chi connectivity index (χ3n) is 0.969. The van der Waals surface area contributed by atoms with Gasteiger partial charge in [0.05, 0.1) is 0 Å². The Kier molecular flexibility index (Phi) is 0.926. The van der Waals surface area contributed by atoms with Gasteiger partial charge in [0.25, 0.3) is 0 Å². The molecule has 0 saturated heterocycles. The Balaban J connectivity index is 2.38. The highest BCUT2D eigenvalue weighted by Gasteiger charge is 2.03. The topological polar surface area (TPSA) is 19.9 Å². The number of rotatable bonds is 0. The predicted octanol–water partition coefficient (Wildman–Crippen LogP) is 1.14. The number of allylic oxidation sites excluding steroid dienone is 1. The smallest absolute Gasteiger partial charge is 0.111 e. The van der Waals surface area contributed by atoms with E-state index in [0.717, 1.165) is 12.8 Å². The van der Waals surface area contributed by atoms with E-state index in [9.17, 15) is 5.11 Å². The molecule has 1 radical (unpaired) electrons. The lowest BCUT2D eigenvalue weighted by molar-refractivity contribution is 0.130. The maximum Gasteiger partial charge on any atom is 0.111 e. The summed E-state index contributed by atoms with van der Waals surface area (Å²) in [7, 11) is 0. The van der Waals surface area contributed by atoms with Crippen molar-refractivity contribution in [3.8, 4) is 0 Å². The van der Waals surface area contributed by atoms with Crippen LogP contribution in [0.25, 0.3) is 0 Å². The van der Waals surface area contributed by atoms with Crippen molar-refractivity contribution in [2.75, 3.05) is 0 Å². The van der Waals surface area contributed by atoms with Crippen molar-refractivity contribution in [3.05, 3.63) is 12.2 Å². The van der Waals surface area contributed by atoms with Crippen LogP contribution in [0.2, 0.25) is 0 Å². The van der Waals surface area contributed by atoms with E-state index in [4.69, 9.17) is 0 Å². The van der Waals surface area contributed by atoms with Crippen LogP contribution in [-0.4, -0.2) is 6.10 Å². The van der Waals surface area contributed by atoms with Gasteiger partial charge in [-0.1, -0.05) is 12.2 Å². The number of hydrogen-bond acceptors (Lipinski definition) is 0. The fourth-order valence-corrected chi connectivity index (χ4v) is 0.605. The van der Waals surface area contributed by atoms with Crippen LogP contribution in [0.15, 0.2) is 12.2 Å². The van der Waals surface area contributed by atoms with E-state index in [-0.39, 0.29) is 6.10 Å². The maximum absolute atomic E-state index is 10.2. The molecule has 0 N–H and O–H groups in total. The largest absolute Gasteiger partial charge is 0.229 e. The number of hydrogen-bond donors (Lipinski definition) is 0. The SMILES string of the molecule is [O]C1C=CCC1. The summed E-state index contributed by atoms with van der Waals surface area (Å²) in [6, 6.07) is 0. The van der Waals surface area contributed by atoms with Gasteiger partial charge in [0.1, 0.15) is 6.10 Å². The zero-order valence-electron chi connectivity index (χ0n) is 3.55. The lowest BCUT2D eigenvalue weighted by Gasteiger charge is -1.85. The molecule has 0 saturated carbocycles. The molecule has 1 aliphatic carbocycles. The average Bonchev–Trinajstić information content (AvgIpc) is 1.86. The van der Waals surface area contributed by atoms with Crippen molar-refractivity contribution in [1.29, 1.82) is 0 Å². The van der Waals surface area contributed by atoms with Gasteiger partial charge >= 0.3 is 0 Å². The van der Waals surface area contributed by atoms with Gasteiger partial charge in [-0.05, 0) is 12.8 Å². The Morgan fingerprint density at radius 3 is 2.67 bits per heavy atom. The summed E-state index contributed by atoms with van der Waals surface area (Å²) in [5, 5.41) is 10.2. The van der Waals surface area contributed by atoms with Crippen molar-refractivity contribution in [1.82, 2.24) is 0 Å². The average molecular weight is 83.1 g/mol. The highest BCUT2D eigenvalue weighted by molar-refractivity contribution is 4.95. The van der Waals surface area contributed by atoms with E-state index in [1.165, 1.54) is 0 Å². The minimum absolute atomic E-state index is 0.384. The maximum atomic E-state index is 10.2. The first-order chi connectivity index (χ1) is 2.89. The second kappa shape index (κ2) is 1.43. The van der Waals surface area contributed by atoms with Crippen molar-refractivity contribution in [2.24, 2.45) is 0 Å². The van der Waals surface area contributed by atoms with Gasteiger partial charge < -0.3 is 0 Å². The lowest BCUT2D eigenvalue weighted by Crippen LogP contribution is -1.90. The summed E-state index contributed by atoms with van der Waals surface area (Å²) in [4.78, 5) is 0. The van der Waals surface area contributed by atoms with Crippen molar-refractivity contribution in [2.45, 2.75) is 18.9 Å². The normalized spacial score (nSPS) is 31.8. The Morgan fingerprint density at radius 1 is 1.67 bits per heavy atom. The predicted molar refractivity (Wildman–Crippen MR) is 22.8 cm³/mol. The van der Waals surface area contributed by atoms with Crippen LogP contribution in [0.4, 0.5) is 0 Å². The first-order valence-electron chi connectivity index (χ1n) is 2.22. The molecule has 0 spiro atoms. The van der Waals surface area contributed by atoms with E-state index in [2.05, 4.69) is 0 Å². The minimum atomic E-state index is -0.384. The van der Waals surface area contributed by atoms with Crippen LogP contribution >= 0.6 is 0 Å². The van der Waals surface area contributed by atoms with Crippen LogP contribution in [0.1, 0.15) is 12.8 Å². The van der Waals surface area contributed by atoms with Crippen LogP contribution in [0.3, 0.4) is 0 Å². The lowest BCUT2D eigenvalue weighted by atomic mass is 10.3.